The molecule has 0 N–H and O–H groups in total. The van der Waals surface area contributed by atoms with Gasteiger partial charge in [0.25, 0.3) is 0 Å². The van der Waals surface area contributed by atoms with Gasteiger partial charge in [-0.25, -0.2) is 0 Å². The van der Waals surface area contributed by atoms with Gasteiger partial charge in [0.15, 0.2) is 11.6 Å². The highest BCUT2D eigenvalue weighted by Gasteiger charge is 2.42. The molecular weight excluding hydrogens is 528 g/mol. The number of hydrogen-bond acceptors (Lipinski definition) is 3. The lowest BCUT2D eigenvalue weighted by molar-refractivity contribution is 0.100. The van der Waals surface area contributed by atoms with Gasteiger partial charge in [0.1, 0.15) is 5.75 Å². The van der Waals surface area contributed by atoms with Gasteiger partial charge in [-0.05, 0) is 65.4 Å². The summed E-state index contributed by atoms with van der Waals surface area (Å²) < 4.78 is 5.26. The minimum Gasteiger partial charge on any atom is -0.497 e. The Bertz CT molecular complexity index is 1550. The number of fused-ring (bicyclic) bond motifs is 3. The van der Waals surface area contributed by atoms with E-state index < -0.39 is 0 Å². The molecule has 0 unspecified atom stereocenters. The molecule has 0 saturated heterocycles. The summed E-state index contributed by atoms with van der Waals surface area (Å²) in [5, 5.41) is 0. The topological polar surface area (TPSA) is 43.4 Å². The molecule has 3 heteroatoms. The van der Waals surface area contributed by atoms with Crippen molar-refractivity contribution in [1.29, 1.82) is 0 Å². The summed E-state index contributed by atoms with van der Waals surface area (Å²) in [4.78, 5) is 27.8. The van der Waals surface area contributed by atoms with Gasteiger partial charge in [-0.15, -0.1) is 0 Å². The maximum atomic E-state index is 14.2. The third-order valence-corrected chi connectivity index (χ3v) is 9.21. The number of hydrogen-bond donors (Lipinski definition) is 0. The van der Waals surface area contributed by atoms with E-state index in [-0.39, 0.29) is 17.0 Å². The SMILES string of the molecule is CCCCCCC1(CCCCCC)c2ccccc2-c2ccc(C(=O)c3ccccc3C(=O)c3ccc(OC)cc3)cc21. The van der Waals surface area contributed by atoms with Crippen LogP contribution in [0.5, 0.6) is 5.75 Å². The second-order valence-electron chi connectivity index (χ2n) is 11.9. The van der Waals surface area contributed by atoms with E-state index in [1.54, 1.807) is 43.5 Å². The molecule has 0 aromatic heterocycles. The normalized spacial score (nSPS) is 12.9. The van der Waals surface area contributed by atoms with Crippen molar-refractivity contribution >= 4 is 11.6 Å². The molecule has 0 radical (unpaired) electrons. The number of carbonyl (C=O) groups is 2. The van der Waals surface area contributed by atoms with Gasteiger partial charge in [-0.3, -0.25) is 9.59 Å². The predicted octanol–water partition coefficient (Wildman–Crippen LogP) is 10.4. The van der Waals surface area contributed by atoms with E-state index in [9.17, 15) is 9.59 Å². The lowest BCUT2D eigenvalue weighted by Crippen LogP contribution is -2.26. The average molecular weight is 573 g/mol. The summed E-state index contributed by atoms with van der Waals surface area (Å²) >= 11 is 0. The first-order chi connectivity index (χ1) is 21.0. The fourth-order valence-electron chi connectivity index (χ4n) is 6.90. The van der Waals surface area contributed by atoms with Crippen LogP contribution in [-0.2, 0) is 5.41 Å². The Kier molecular flexibility index (Phi) is 9.92. The zero-order chi connectivity index (χ0) is 30.2. The Morgan fingerprint density at radius 1 is 0.581 bits per heavy atom. The second kappa shape index (κ2) is 14.0. The molecule has 0 heterocycles. The molecule has 4 aromatic rings. The van der Waals surface area contributed by atoms with Crippen LogP contribution >= 0.6 is 0 Å². The van der Waals surface area contributed by atoms with Crippen LogP contribution in [0.1, 0.15) is 121 Å². The second-order valence-corrected chi connectivity index (χ2v) is 11.9. The largest absolute Gasteiger partial charge is 0.497 e. The van der Waals surface area contributed by atoms with Crippen molar-refractivity contribution in [3.63, 3.8) is 0 Å². The van der Waals surface area contributed by atoms with E-state index in [0.29, 0.717) is 28.0 Å². The Hall–Kier alpha value is -3.98. The average Bonchev–Trinajstić information content (AvgIpc) is 3.33. The van der Waals surface area contributed by atoms with Crippen LogP contribution in [-0.4, -0.2) is 18.7 Å². The first-order valence-corrected chi connectivity index (χ1v) is 16.1. The molecule has 0 saturated carbocycles. The molecule has 0 spiro atoms. The Balaban J connectivity index is 1.54. The van der Waals surface area contributed by atoms with Crippen molar-refractivity contribution in [3.05, 3.63) is 124 Å². The fraction of sp³-hybridized carbons (Fsp3) is 0.350. The summed E-state index contributed by atoms with van der Waals surface area (Å²) in [5.41, 5.74) is 7.20. The molecule has 0 fully saturated rings. The first-order valence-electron chi connectivity index (χ1n) is 16.1. The molecule has 0 atom stereocenters. The highest BCUT2D eigenvalue weighted by atomic mass is 16.5. The third-order valence-electron chi connectivity index (χ3n) is 9.21. The zero-order valence-corrected chi connectivity index (χ0v) is 26.0. The molecular formula is C40H44O3. The summed E-state index contributed by atoms with van der Waals surface area (Å²) in [7, 11) is 1.60. The van der Waals surface area contributed by atoms with E-state index in [2.05, 4.69) is 50.2 Å². The van der Waals surface area contributed by atoms with Crippen LogP contribution in [0, 0.1) is 0 Å². The molecule has 1 aliphatic carbocycles. The van der Waals surface area contributed by atoms with Crippen LogP contribution in [0.2, 0.25) is 0 Å². The van der Waals surface area contributed by atoms with E-state index >= 15 is 0 Å². The quantitative estimate of drug-likeness (QED) is 0.105. The Morgan fingerprint density at radius 3 is 1.72 bits per heavy atom. The summed E-state index contributed by atoms with van der Waals surface area (Å²) in [6, 6.07) is 29.4. The van der Waals surface area contributed by atoms with E-state index in [0.717, 1.165) is 12.8 Å². The molecule has 0 amide bonds. The highest BCUT2D eigenvalue weighted by molar-refractivity contribution is 6.19. The number of carbonyl (C=O) groups excluding carboxylic acids is 2. The highest BCUT2D eigenvalue weighted by Crippen LogP contribution is 2.54. The van der Waals surface area contributed by atoms with Crippen molar-refractivity contribution in [2.24, 2.45) is 0 Å². The maximum Gasteiger partial charge on any atom is 0.193 e. The smallest absolute Gasteiger partial charge is 0.193 e. The monoisotopic (exact) mass is 572 g/mol. The number of rotatable bonds is 15. The van der Waals surface area contributed by atoms with Crippen LogP contribution < -0.4 is 4.74 Å². The number of methoxy groups -OCH3 is 1. The third kappa shape index (κ3) is 6.22. The lowest BCUT2D eigenvalue weighted by atomic mass is 9.70. The molecule has 0 bridgehead atoms. The van der Waals surface area contributed by atoms with Crippen LogP contribution in [0.3, 0.4) is 0 Å². The number of benzene rings is 4. The molecule has 43 heavy (non-hydrogen) atoms. The first kappa shape index (κ1) is 30.5. The van der Waals surface area contributed by atoms with Gasteiger partial charge in [-0.2, -0.15) is 0 Å². The molecule has 3 nitrogen and oxygen atoms in total. The van der Waals surface area contributed by atoms with Crippen molar-refractivity contribution in [2.45, 2.75) is 83.5 Å². The summed E-state index contributed by atoms with van der Waals surface area (Å²) in [5.74, 6) is 0.413. The van der Waals surface area contributed by atoms with E-state index in [1.807, 2.05) is 18.2 Å². The van der Waals surface area contributed by atoms with Gasteiger partial charge in [-0.1, -0.05) is 126 Å². The minimum absolute atomic E-state index is 0.0951. The molecule has 222 valence electrons. The van der Waals surface area contributed by atoms with Gasteiger partial charge >= 0.3 is 0 Å². The van der Waals surface area contributed by atoms with Gasteiger partial charge in [0, 0.05) is 27.7 Å². The Labute approximate surface area is 257 Å². The van der Waals surface area contributed by atoms with Crippen LogP contribution in [0.25, 0.3) is 11.1 Å². The molecule has 5 rings (SSSR count). The van der Waals surface area contributed by atoms with Crippen molar-refractivity contribution < 1.29 is 14.3 Å². The summed E-state index contributed by atoms with van der Waals surface area (Å²) in [6.45, 7) is 4.52. The zero-order valence-electron chi connectivity index (χ0n) is 26.0. The Morgan fingerprint density at radius 2 is 1.12 bits per heavy atom. The van der Waals surface area contributed by atoms with Gasteiger partial charge < -0.3 is 4.74 Å². The van der Waals surface area contributed by atoms with Crippen molar-refractivity contribution in [1.82, 2.24) is 0 Å². The van der Waals surface area contributed by atoms with E-state index in [4.69, 9.17) is 4.74 Å². The standard InChI is InChI=1S/C40H44O3/c1-4-6-8-14-26-40(27-15-9-7-5-2)36-19-13-12-16-32(36)33-25-22-30(28-37(33)40)39(42)35-18-11-10-17-34(35)38(41)29-20-23-31(43-3)24-21-29/h10-13,16-25,28H,4-9,14-15,26-27H2,1-3H3. The predicted molar refractivity (Wildman–Crippen MR) is 176 cm³/mol. The maximum absolute atomic E-state index is 14.2. The number of ether oxygens (including phenoxy) is 1. The van der Waals surface area contributed by atoms with Gasteiger partial charge in [0.2, 0.25) is 0 Å². The van der Waals surface area contributed by atoms with Crippen molar-refractivity contribution in [3.8, 4) is 16.9 Å². The van der Waals surface area contributed by atoms with Gasteiger partial charge in [0.05, 0.1) is 7.11 Å². The number of ketones is 2. The van der Waals surface area contributed by atoms with Crippen molar-refractivity contribution in [2.75, 3.05) is 7.11 Å². The fourth-order valence-corrected chi connectivity index (χ4v) is 6.90. The molecule has 4 aromatic carbocycles. The molecule has 1 aliphatic rings. The minimum atomic E-state index is -0.165. The van der Waals surface area contributed by atoms with E-state index in [1.165, 1.54) is 73.6 Å². The van der Waals surface area contributed by atoms with Crippen LogP contribution in [0.15, 0.2) is 91.0 Å². The summed E-state index contributed by atoms with van der Waals surface area (Å²) in [6.07, 6.45) is 11.9. The number of unbranched alkanes of at least 4 members (excludes halogenated alkanes) is 6. The van der Waals surface area contributed by atoms with Crippen LogP contribution in [0.4, 0.5) is 0 Å². The lowest BCUT2D eigenvalue weighted by Gasteiger charge is -2.33. The molecule has 0 aliphatic heterocycles.